The van der Waals surface area contributed by atoms with Gasteiger partial charge in [-0.25, -0.2) is 0 Å². The van der Waals surface area contributed by atoms with Gasteiger partial charge in [0.1, 0.15) is 0 Å². The third-order valence-corrected chi connectivity index (χ3v) is 12.1. The van der Waals surface area contributed by atoms with Crippen LogP contribution in [-0.2, 0) is 82.7 Å². The SMILES string of the molecule is CC(=O)N[C@H]1[C@H]([C@H](OC(C)=O)[C@@H](COC(C)=O)OC(C)=O)O[C@@]([Se]c2ccccc2)(C(=O)OC[C@H]2O[C@@H](OCc3ccccc3)[C@H](O)[C@H]3OC(C)(C)O[C@H]32)C[C@@H]1OC(C)=O. The molecule has 0 aromatic heterocycles. The number of hydrogen-bond acceptors (Lipinski definition) is 17. The number of carbonyl (C=O) groups excluding carboxylic acids is 6. The van der Waals surface area contributed by atoms with E-state index in [0.29, 0.717) is 4.46 Å². The van der Waals surface area contributed by atoms with Crippen LogP contribution in [0.1, 0.15) is 60.5 Å². The topological polar surface area (TPSA) is 227 Å². The van der Waals surface area contributed by atoms with E-state index in [1.54, 1.807) is 44.2 Å². The van der Waals surface area contributed by atoms with Crippen molar-refractivity contribution in [2.75, 3.05) is 13.2 Å². The van der Waals surface area contributed by atoms with E-state index in [1.807, 2.05) is 30.3 Å². The summed E-state index contributed by atoms with van der Waals surface area (Å²) in [7, 11) is 0. The molecule has 3 saturated heterocycles. The van der Waals surface area contributed by atoms with E-state index in [1.165, 1.54) is 6.92 Å². The van der Waals surface area contributed by atoms with Gasteiger partial charge in [0.25, 0.3) is 0 Å². The summed E-state index contributed by atoms with van der Waals surface area (Å²) in [4.78, 5) is 77.5. The number of esters is 5. The maximum absolute atomic E-state index is 14.9. The Bertz CT molecular complexity index is 1830. The Labute approximate surface area is 353 Å². The molecule has 5 rings (SSSR count). The van der Waals surface area contributed by atoms with Crippen LogP contribution in [0.3, 0.4) is 0 Å². The van der Waals surface area contributed by atoms with E-state index >= 15 is 0 Å². The molecule has 2 aromatic rings. The molecule has 0 saturated carbocycles. The molecule has 2 aromatic carbocycles. The van der Waals surface area contributed by atoms with Crippen LogP contribution in [0.5, 0.6) is 0 Å². The number of ether oxygens (including phenoxy) is 10. The van der Waals surface area contributed by atoms with Crippen LogP contribution in [0, 0.1) is 0 Å². The van der Waals surface area contributed by atoms with Gasteiger partial charge in [-0.3, -0.25) is 0 Å². The zero-order valence-corrected chi connectivity index (χ0v) is 36.0. The Hall–Kier alpha value is -4.46. The van der Waals surface area contributed by atoms with Gasteiger partial charge < -0.3 is 0 Å². The molecule has 0 spiro atoms. The van der Waals surface area contributed by atoms with Crippen molar-refractivity contribution in [3.8, 4) is 0 Å². The van der Waals surface area contributed by atoms with E-state index in [2.05, 4.69) is 5.32 Å². The average Bonchev–Trinajstić information content (AvgIpc) is 3.51. The van der Waals surface area contributed by atoms with E-state index in [-0.39, 0.29) is 13.0 Å². The average molecular weight is 909 g/mol. The molecule has 3 heterocycles. The fourth-order valence-corrected chi connectivity index (χ4v) is 9.74. The predicted octanol–water partition coefficient (Wildman–Crippen LogP) is 0.730. The number of hydrogen-bond donors (Lipinski definition) is 2. The summed E-state index contributed by atoms with van der Waals surface area (Å²) in [6.45, 7) is 7.90. The molecule has 18 nitrogen and oxygen atoms in total. The van der Waals surface area contributed by atoms with Crippen molar-refractivity contribution in [2.24, 2.45) is 0 Å². The molecule has 19 heteroatoms. The Morgan fingerprint density at radius 2 is 1.45 bits per heavy atom. The van der Waals surface area contributed by atoms with Crippen LogP contribution in [0.15, 0.2) is 60.7 Å². The van der Waals surface area contributed by atoms with Gasteiger partial charge in [-0.15, -0.1) is 0 Å². The molecule has 328 valence electrons. The number of aliphatic hydroxyl groups is 1. The summed E-state index contributed by atoms with van der Waals surface area (Å²) >= 11 is -1.03. The van der Waals surface area contributed by atoms with Crippen LogP contribution in [0.2, 0.25) is 0 Å². The molecule has 0 bridgehead atoms. The first-order valence-corrected chi connectivity index (χ1v) is 20.9. The van der Waals surface area contributed by atoms with Crippen molar-refractivity contribution in [2.45, 2.75) is 133 Å². The Morgan fingerprint density at radius 1 is 0.817 bits per heavy atom. The molecular weight excluding hydrogens is 857 g/mol. The van der Waals surface area contributed by atoms with E-state index in [9.17, 15) is 33.9 Å². The Balaban J connectivity index is 1.54. The van der Waals surface area contributed by atoms with Crippen molar-refractivity contribution < 1.29 is 81.2 Å². The van der Waals surface area contributed by atoms with Crippen molar-refractivity contribution >= 4 is 55.2 Å². The number of nitrogens with one attached hydrogen (secondary N) is 1. The number of amides is 1. The molecule has 60 heavy (non-hydrogen) atoms. The normalized spacial score (nSPS) is 29.1. The van der Waals surface area contributed by atoms with Gasteiger partial charge >= 0.3 is 348 Å². The summed E-state index contributed by atoms with van der Waals surface area (Å²) < 4.78 is 58.0. The molecule has 0 aliphatic carbocycles. The third kappa shape index (κ3) is 12.3. The van der Waals surface area contributed by atoms with Gasteiger partial charge in [0.2, 0.25) is 0 Å². The Kier molecular flexibility index (Phi) is 15.8. The van der Waals surface area contributed by atoms with Crippen LogP contribution in [-0.4, -0.2) is 140 Å². The monoisotopic (exact) mass is 909 g/mol. The number of benzene rings is 2. The maximum atomic E-state index is 14.9. The molecule has 3 fully saturated rings. The summed E-state index contributed by atoms with van der Waals surface area (Å²) in [5.74, 6) is -6.02. The van der Waals surface area contributed by atoms with Crippen molar-refractivity contribution in [1.82, 2.24) is 5.32 Å². The second kappa shape index (κ2) is 20.4. The molecule has 3 aliphatic rings. The second-order valence-corrected chi connectivity index (χ2v) is 17.6. The number of fused-ring (bicyclic) bond motifs is 1. The second-order valence-electron chi connectivity index (χ2n) is 14.8. The van der Waals surface area contributed by atoms with Gasteiger partial charge in [0.15, 0.2) is 0 Å². The first-order valence-electron chi connectivity index (χ1n) is 19.2. The first kappa shape index (κ1) is 46.6. The zero-order valence-electron chi connectivity index (χ0n) is 34.3. The van der Waals surface area contributed by atoms with Crippen LogP contribution in [0.25, 0.3) is 0 Å². The quantitative estimate of drug-likeness (QED) is 0.134. The standard InChI is InChI=1S/C41H51NO17Se/c1-22(43)42-32-29(53-24(3)45)18-41(60-28-16-12-9-13-17-28,59-36(32)34(55-26(5)47)30(54-25(4)46)20-50-23(2)44)39(49)52-21-31-35-37(58-40(6,7)57-35)33(48)38(56-31)51-19-27-14-10-8-11-15-27/h8-17,29-38,48H,18-21H2,1-7H3,(H,42,43)/t29-,30+,31+,32+,33+,34+,35-,36+,37+,38+,41-/m0/s1. The Morgan fingerprint density at radius 3 is 2.05 bits per heavy atom. The number of carbonyl (C=O) groups is 6. The fraction of sp³-hybridized carbons (Fsp3) is 0.561. The molecule has 11 atom stereocenters. The predicted molar refractivity (Wildman–Crippen MR) is 206 cm³/mol. The van der Waals surface area contributed by atoms with Crippen molar-refractivity contribution in [3.05, 3.63) is 66.2 Å². The van der Waals surface area contributed by atoms with Gasteiger partial charge in [-0.2, -0.15) is 0 Å². The van der Waals surface area contributed by atoms with Gasteiger partial charge in [0, 0.05) is 0 Å². The first-order chi connectivity index (χ1) is 28.4. The van der Waals surface area contributed by atoms with Gasteiger partial charge in [-0.05, 0) is 0 Å². The third-order valence-electron chi connectivity index (χ3n) is 9.43. The van der Waals surface area contributed by atoms with E-state index < -0.39 is 135 Å². The summed E-state index contributed by atoms with van der Waals surface area (Å²) in [5.41, 5.74) is 0.812. The van der Waals surface area contributed by atoms with Crippen LogP contribution < -0.4 is 9.78 Å². The molecule has 1 amide bonds. The van der Waals surface area contributed by atoms with Gasteiger partial charge in [0.05, 0.1) is 0 Å². The van der Waals surface area contributed by atoms with Crippen molar-refractivity contribution in [1.29, 1.82) is 0 Å². The zero-order chi connectivity index (χ0) is 43.8. The van der Waals surface area contributed by atoms with E-state index in [4.69, 9.17) is 47.4 Å². The fourth-order valence-electron chi connectivity index (χ4n) is 7.17. The molecular formula is C41H51NO17Se. The molecule has 2 N–H and O–H groups in total. The molecule has 3 aliphatic heterocycles. The summed E-state index contributed by atoms with van der Waals surface area (Å²) in [6.07, 6.45) is -11.9. The van der Waals surface area contributed by atoms with Crippen LogP contribution in [0.4, 0.5) is 0 Å². The number of rotatable bonds is 16. The summed E-state index contributed by atoms with van der Waals surface area (Å²) in [5, 5.41) is 14.0. The van der Waals surface area contributed by atoms with Crippen LogP contribution >= 0.6 is 0 Å². The number of aliphatic hydroxyl groups excluding tert-OH is 1. The molecule has 0 radical (unpaired) electrons. The van der Waals surface area contributed by atoms with Crippen molar-refractivity contribution in [3.63, 3.8) is 0 Å². The minimum absolute atomic E-state index is 0.0803. The van der Waals surface area contributed by atoms with E-state index in [0.717, 1.165) is 33.3 Å². The van der Waals surface area contributed by atoms with Gasteiger partial charge in [-0.1, -0.05) is 6.07 Å². The minimum atomic E-state index is -2.02. The summed E-state index contributed by atoms with van der Waals surface area (Å²) in [6, 6.07) is 16.6. The molecule has 0 unspecified atom stereocenters.